The van der Waals surface area contributed by atoms with Crippen molar-refractivity contribution in [3.05, 3.63) is 35.6 Å². The van der Waals surface area contributed by atoms with Crippen molar-refractivity contribution < 1.29 is 4.39 Å². The Morgan fingerprint density at radius 3 is 2.50 bits per heavy atom. The van der Waals surface area contributed by atoms with E-state index in [0.29, 0.717) is 6.04 Å². The van der Waals surface area contributed by atoms with Crippen LogP contribution in [-0.2, 0) is 0 Å². The number of hydrogen-bond donors (Lipinski definition) is 2. The zero-order chi connectivity index (χ0) is 11.4. The van der Waals surface area contributed by atoms with E-state index in [1.807, 2.05) is 0 Å². The van der Waals surface area contributed by atoms with E-state index in [1.54, 1.807) is 12.1 Å². The third-order valence-electron chi connectivity index (χ3n) is 3.28. The summed E-state index contributed by atoms with van der Waals surface area (Å²) in [5, 5.41) is 3.48. The number of nitrogens with two attached hydrogens (primary N) is 1. The van der Waals surface area contributed by atoms with Gasteiger partial charge in [0, 0.05) is 18.6 Å². The molecule has 0 spiro atoms. The highest BCUT2D eigenvalue weighted by molar-refractivity contribution is 5.19. The highest BCUT2D eigenvalue weighted by Crippen LogP contribution is 2.18. The fraction of sp³-hybridized carbons (Fsp3) is 0.538. The Kier molecular flexibility index (Phi) is 3.91. The predicted octanol–water partition coefficient (Wildman–Crippen LogP) is 2.36. The Morgan fingerprint density at radius 2 is 1.88 bits per heavy atom. The van der Waals surface area contributed by atoms with Crippen LogP contribution in [0.1, 0.15) is 37.3 Å². The normalized spacial score (nSPS) is 18.9. The predicted molar refractivity (Wildman–Crippen MR) is 63.6 cm³/mol. The fourth-order valence-electron chi connectivity index (χ4n) is 2.25. The first-order valence-corrected chi connectivity index (χ1v) is 6.00. The maximum absolute atomic E-state index is 12.7. The number of halogens is 1. The van der Waals surface area contributed by atoms with Crippen molar-refractivity contribution in [2.24, 2.45) is 5.73 Å². The molecular weight excluding hydrogens is 203 g/mol. The van der Waals surface area contributed by atoms with Crippen LogP contribution in [0.2, 0.25) is 0 Å². The average molecular weight is 222 g/mol. The van der Waals surface area contributed by atoms with E-state index in [4.69, 9.17) is 5.73 Å². The highest BCUT2D eigenvalue weighted by Gasteiger charge is 2.15. The smallest absolute Gasteiger partial charge is 0.123 e. The van der Waals surface area contributed by atoms with Gasteiger partial charge in [-0.3, -0.25) is 0 Å². The van der Waals surface area contributed by atoms with Gasteiger partial charge < -0.3 is 11.1 Å². The molecular formula is C13H19FN2. The molecule has 0 aliphatic heterocycles. The van der Waals surface area contributed by atoms with Gasteiger partial charge in [-0.2, -0.15) is 0 Å². The molecule has 16 heavy (non-hydrogen) atoms. The van der Waals surface area contributed by atoms with Crippen molar-refractivity contribution in [3.8, 4) is 0 Å². The van der Waals surface area contributed by atoms with E-state index in [2.05, 4.69) is 5.32 Å². The molecule has 2 nitrogen and oxygen atoms in total. The molecule has 0 radical (unpaired) electrons. The fourth-order valence-corrected chi connectivity index (χ4v) is 2.25. The summed E-state index contributed by atoms with van der Waals surface area (Å²) in [6.07, 6.45) is 5.17. The molecule has 3 heteroatoms. The van der Waals surface area contributed by atoms with Crippen LogP contribution in [0.3, 0.4) is 0 Å². The van der Waals surface area contributed by atoms with Crippen LogP contribution in [0.5, 0.6) is 0 Å². The molecule has 2 rings (SSSR count). The largest absolute Gasteiger partial charge is 0.323 e. The van der Waals surface area contributed by atoms with Gasteiger partial charge in [0.05, 0.1) is 0 Å². The maximum Gasteiger partial charge on any atom is 0.123 e. The minimum absolute atomic E-state index is 0.0406. The molecule has 1 aliphatic rings. The lowest BCUT2D eigenvalue weighted by Crippen LogP contribution is -2.33. The first-order chi connectivity index (χ1) is 7.75. The van der Waals surface area contributed by atoms with Gasteiger partial charge in [0.15, 0.2) is 0 Å². The molecule has 1 saturated carbocycles. The minimum Gasteiger partial charge on any atom is -0.323 e. The van der Waals surface area contributed by atoms with Crippen molar-refractivity contribution >= 4 is 0 Å². The molecule has 1 unspecified atom stereocenters. The second-order valence-corrected chi connectivity index (χ2v) is 4.55. The van der Waals surface area contributed by atoms with Crippen molar-refractivity contribution in [2.45, 2.75) is 37.8 Å². The summed E-state index contributed by atoms with van der Waals surface area (Å²) in [6, 6.07) is 7.04. The molecule has 0 aromatic heterocycles. The number of benzene rings is 1. The number of hydrogen-bond acceptors (Lipinski definition) is 2. The Labute approximate surface area is 96.0 Å². The van der Waals surface area contributed by atoms with Crippen molar-refractivity contribution in [3.63, 3.8) is 0 Å². The van der Waals surface area contributed by atoms with E-state index < -0.39 is 0 Å². The highest BCUT2D eigenvalue weighted by atomic mass is 19.1. The third-order valence-corrected chi connectivity index (χ3v) is 3.28. The van der Waals surface area contributed by atoms with Gasteiger partial charge in [0.1, 0.15) is 5.82 Å². The molecule has 0 bridgehead atoms. The third kappa shape index (κ3) is 3.03. The van der Waals surface area contributed by atoms with E-state index in [0.717, 1.165) is 12.1 Å². The first kappa shape index (κ1) is 11.6. The van der Waals surface area contributed by atoms with Crippen LogP contribution in [0.25, 0.3) is 0 Å². The molecule has 0 heterocycles. The topological polar surface area (TPSA) is 38.0 Å². The van der Waals surface area contributed by atoms with Gasteiger partial charge in [-0.1, -0.05) is 25.0 Å². The minimum atomic E-state index is -0.209. The first-order valence-electron chi connectivity index (χ1n) is 6.00. The Balaban J connectivity index is 1.82. The summed E-state index contributed by atoms with van der Waals surface area (Å²) in [6.45, 7) is 0.774. The molecule has 88 valence electrons. The van der Waals surface area contributed by atoms with Crippen LogP contribution < -0.4 is 11.1 Å². The van der Waals surface area contributed by atoms with Crippen LogP contribution in [-0.4, -0.2) is 12.6 Å². The van der Waals surface area contributed by atoms with Crippen molar-refractivity contribution in [1.82, 2.24) is 5.32 Å². The number of nitrogens with one attached hydrogen (secondary N) is 1. The summed E-state index contributed by atoms with van der Waals surface area (Å²) in [4.78, 5) is 0. The molecule has 0 saturated heterocycles. The molecule has 1 fully saturated rings. The van der Waals surface area contributed by atoms with Gasteiger partial charge in [-0.15, -0.1) is 0 Å². The van der Waals surface area contributed by atoms with Crippen LogP contribution in [0.4, 0.5) is 4.39 Å². The van der Waals surface area contributed by atoms with Gasteiger partial charge in [-0.25, -0.2) is 4.39 Å². The SMILES string of the molecule is NC(CNC1CCCC1)c1ccc(F)cc1. The zero-order valence-electron chi connectivity index (χ0n) is 9.45. The van der Waals surface area contributed by atoms with Crippen molar-refractivity contribution in [2.75, 3.05) is 6.54 Å². The summed E-state index contributed by atoms with van der Waals surface area (Å²) in [7, 11) is 0. The van der Waals surface area contributed by atoms with Gasteiger partial charge in [-0.05, 0) is 30.5 Å². The maximum atomic E-state index is 12.7. The van der Waals surface area contributed by atoms with E-state index in [1.165, 1.54) is 37.8 Å². The van der Waals surface area contributed by atoms with E-state index >= 15 is 0 Å². The Morgan fingerprint density at radius 1 is 1.25 bits per heavy atom. The average Bonchev–Trinajstić information content (AvgIpc) is 2.80. The van der Waals surface area contributed by atoms with Gasteiger partial charge in [0.25, 0.3) is 0 Å². The molecule has 1 aliphatic carbocycles. The zero-order valence-corrected chi connectivity index (χ0v) is 9.45. The monoisotopic (exact) mass is 222 g/mol. The van der Waals surface area contributed by atoms with Gasteiger partial charge in [0.2, 0.25) is 0 Å². The molecule has 0 amide bonds. The summed E-state index contributed by atoms with van der Waals surface area (Å²) in [5.74, 6) is -0.209. The molecule has 3 N–H and O–H groups in total. The molecule has 1 aromatic carbocycles. The van der Waals surface area contributed by atoms with Crippen LogP contribution in [0, 0.1) is 5.82 Å². The quantitative estimate of drug-likeness (QED) is 0.820. The van der Waals surface area contributed by atoms with Gasteiger partial charge >= 0.3 is 0 Å². The van der Waals surface area contributed by atoms with Crippen molar-refractivity contribution in [1.29, 1.82) is 0 Å². The number of rotatable bonds is 4. The second-order valence-electron chi connectivity index (χ2n) is 4.55. The summed E-state index contributed by atoms with van der Waals surface area (Å²) >= 11 is 0. The summed E-state index contributed by atoms with van der Waals surface area (Å²) in [5.41, 5.74) is 7.03. The second kappa shape index (κ2) is 5.41. The van der Waals surface area contributed by atoms with Crippen LogP contribution in [0.15, 0.2) is 24.3 Å². The lowest BCUT2D eigenvalue weighted by Gasteiger charge is -2.17. The lowest BCUT2D eigenvalue weighted by molar-refractivity contribution is 0.492. The van der Waals surface area contributed by atoms with E-state index in [9.17, 15) is 4.39 Å². The molecule has 1 atom stereocenters. The standard InChI is InChI=1S/C13H19FN2/c14-11-7-5-10(6-8-11)13(15)9-16-12-3-1-2-4-12/h5-8,12-13,16H,1-4,9,15H2. The van der Waals surface area contributed by atoms with Crippen LogP contribution >= 0.6 is 0 Å². The Bertz CT molecular complexity index is 317. The Hall–Kier alpha value is -0.930. The van der Waals surface area contributed by atoms with E-state index in [-0.39, 0.29) is 11.9 Å². The molecule has 1 aromatic rings. The summed E-state index contributed by atoms with van der Waals surface area (Å²) < 4.78 is 12.7. The lowest BCUT2D eigenvalue weighted by atomic mass is 10.1.